The molecule has 0 bridgehead atoms. The molecule has 0 aliphatic rings. The normalized spacial score (nSPS) is 11.6. The van der Waals surface area contributed by atoms with Crippen LogP contribution in [-0.4, -0.2) is 20.8 Å². The summed E-state index contributed by atoms with van der Waals surface area (Å²) in [6.45, 7) is 6.35. The molecule has 6 heteroatoms. The molecule has 1 N–H and O–H groups in total. The Kier molecular flexibility index (Phi) is 5.47. The maximum atomic E-state index is 11.4. The summed E-state index contributed by atoms with van der Waals surface area (Å²) in [5.74, 6) is 1.20. The molecule has 1 aromatic carbocycles. The van der Waals surface area contributed by atoms with Crippen LogP contribution in [0.5, 0.6) is 5.75 Å². The summed E-state index contributed by atoms with van der Waals surface area (Å²) < 4.78 is 31.7. The van der Waals surface area contributed by atoms with Crippen LogP contribution in [0.3, 0.4) is 0 Å². The Morgan fingerprint density at radius 2 is 2.06 bits per heavy atom. The van der Waals surface area contributed by atoms with Gasteiger partial charge in [0.05, 0.1) is 16.8 Å². The molecule has 0 spiro atoms. The molecule has 0 atom stereocenters. The lowest BCUT2D eigenvalue weighted by Crippen LogP contribution is -2.14. The summed E-state index contributed by atoms with van der Waals surface area (Å²) in [6.07, 6.45) is 0. The van der Waals surface area contributed by atoms with Crippen molar-refractivity contribution in [1.82, 2.24) is 0 Å². The van der Waals surface area contributed by atoms with Gasteiger partial charge in [-0.1, -0.05) is 13.8 Å². The Labute approximate surface area is 117 Å². The predicted octanol–water partition coefficient (Wildman–Crippen LogP) is 3.25. The van der Waals surface area contributed by atoms with Gasteiger partial charge < -0.3 is 4.74 Å². The van der Waals surface area contributed by atoms with Crippen molar-refractivity contribution >= 4 is 31.6 Å². The van der Waals surface area contributed by atoms with E-state index in [-0.39, 0.29) is 5.75 Å². The third-order valence-corrected chi connectivity index (χ3v) is 4.08. The lowest BCUT2D eigenvalue weighted by Gasteiger charge is -2.12. The molecular weight excluding hydrogens is 318 g/mol. The maximum absolute atomic E-state index is 11.4. The van der Waals surface area contributed by atoms with Crippen LogP contribution in [-0.2, 0) is 10.0 Å². The third kappa shape index (κ3) is 4.86. The Bertz CT molecular complexity index is 500. The van der Waals surface area contributed by atoms with Crippen LogP contribution in [0.1, 0.15) is 20.8 Å². The molecule has 0 aliphatic carbocycles. The van der Waals surface area contributed by atoms with Crippen LogP contribution in [0.2, 0.25) is 0 Å². The van der Waals surface area contributed by atoms with Crippen molar-refractivity contribution in [3.63, 3.8) is 0 Å². The van der Waals surface area contributed by atoms with E-state index >= 15 is 0 Å². The Balaban J connectivity index is 2.79. The summed E-state index contributed by atoms with van der Waals surface area (Å²) in [6, 6.07) is 5.14. The van der Waals surface area contributed by atoms with Gasteiger partial charge in [0.25, 0.3) is 0 Å². The first-order valence-electron chi connectivity index (χ1n) is 5.77. The molecule has 4 nitrogen and oxygen atoms in total. The minimum atomic E-state index is -3.24. The van der Waals surface area contributed by atoms with Crippen LogP contribution < -0.4 is 9.46 Å². The van der Waals surface area contributed by atoms with E-state index in [4.69, 9.17) is 4.74 Å². The van der Waals surface area contributed by atoms with Crippen LogP contribution in [0, 0.1) is 5.92 Å². The molecule has 0 aromatic heterocycles. The number of sulfonamides is 1. The molecule has 1 aromatic rings. The minimum absolute atomic E-state index is 0.0518. The topological polar surface area (TPSA) is 55.4 Å². The summed E-state index contributed by atoms with van der Waals surface area (Å²) in [5, 5.41) is 0. The van der Waals surface area contributed by atoms with Crippen LogP contribution in [0.25, 0.3) is 0 Å². The van der Waals surface area contributed by atoms with Gasteiger partial charge in [-0.2, -0.15) is 0 Å². The highest BCUT2D eigenvalue weighted by Crippen LogP contribution is 2.28. The van der Waals surface area contributed by atoms with E-state index in [9.17, 15) is 8.42 Å². The molecule has 0 aliphatic heterocycles. The van der Waals surface area contributed by atoms with Gasteiger partial charge in [0.2, 0.25) is 10.0 Å². The van der Waals surface area contributed by atoms with Gasteiger partial charge in [-0.25, -0.2) is 8.42 Å². The zero-order valence-corrected chi connectivity index (χ0v) is 13.1. The quantitative estimate of drug-likeness (QED) is 0.868. The molecule has 0 fully saturated rings. The second kappa shape index (κ2) is 6.43. The molecule has 0 heterocycles. The summed E-state index contributed by atoms with van der Waals surface area (Å²) >= 11 is 3.37. The fourth-order valence-electron chi connectivity index (χ4n) is 1.19. The van der Waals surface area contributed by atoms with Gasteiger partial charge in [0.15, 0.2) is 0 Å². The Morgan fingerprint density at radius 1 is 1.39 bits per heavy atom. The van der Waals surface area contributed by atoms with E-state index in [0.717, 1.165) is 4.47 Å². The number of hydrogen-bond donors (Lipinski definition) is 1. The van der Waals surface area contributed by atoms with Crippen molar-refractivity contribution in [2.24, 2.45) is 5.92 Å². The minimum Gasteiger partial charge on any atom is -0.492 e. The molecule has 0 saturated carbocycles. The maximum Gasteiger partial charge on any atom is 0.232 e. The number of rotatable bonds is 6. The van der Waals surface area contributed by atoms with Gasteiger partial charge in [-0.05, 0) is 47.0 Å². The van der Waals surface area contributed by atoms with Crippen molar-refractivity contribution < 1.29 is 13.2 Å². The van der Waals surface area contributed by atoms with E-state index in [1.807, 2.05) is 0 Å². The SMILES string of the molecule is CCS(=O)(=O)Nc1ccc(OCC(C)C)c(Br)c1. The van der Waals surface area contributed by atoms with Crippen LogP contribution in [0.15, 0.2) is 22.7 Å². The van der Waals surface area contributed by atoms with Gasteiger partial charge in [-0.15, -0.1) is 0 Å². The number of ether oxygens (including phenoxy) is 1. The summed E-state index contributed by atoms with van der Waals surface area (Å²) in [5.41, 5.74) is 0.528. The van der Waals surface area contributed by atoms with Crippen molar-refractivity contribution in [2.75, 3.05) is 17.1 Å². The fraction of sp³-hybridized carbons (Fsp3) is 0.500. The second-order valence-electron chi connectivity index (χ2n) is 4.36. The van der Waals surface area contributed by atoms with E-state index < -0.39 is 10.0 Å². The average Bonchev–Trinajstić information content (AvgIpc) is 2.27. The van der Waals surface area contributed by atoms with Gasteiger partial charge in [0, 0.05) is 5.69 Å². The third-order valence-electron chi connectivity index (χ3n) is 2.16. The van der Waals surface area contributed by atoms with Crippen LogP contribution in [0.4, 0.5) is 5.69 Å². The lowest BCUT2D eigenvalue weighted by molar-refractivity contribution is 0.269. The number of hydrogen-bond acceptors (Lipinski definition) is 3. The predicted molar refractivity (Wildman–Crippen MR) is 77.6 cm³/mol. The number of nitrogens with one attached hydrogen (secondary N) is 1. The monoisotopic (exact) mass is 335 g/mol. The van der Waals surface area contributed by atoms with E-state index in [1.165, 1.54) is 0 Å². The zero-order valence-electron chi connectivity index (χ0n) is 10.7. The van der Waals surface area contributed by atoms with Crippen molar-refractivity contribution in [1.29, 1.82) is 0 Å². The first-order valence-corrected chi connectivity index (χ1v) is 8.21. The van der Waals surface area contributed by atoms with Gasteiger partial charge in [0.1, 0.15) is 5.75 Å². The molecule has 0 unspecified atom stereocenters. The van der Waals surface area contributed by atoms with E-state index in [2.05, 4.69) is 34.5 Å². The molecule has 0 radical (unpaired) electrons. The number of halogens is 1. The van der Waals surface area contributed by atoms with E-state index in [1.54, 1.807) is 25.1 Å². The number of anilines is 1. The highest BCUT2D eigenvalue weighted by Gasteiger charge is 2.09. The molecule has 1 rings (SSSR count). The van der Waals surface area contributed by atoms with E-state index in [0.29, 0.717) is 24.0 Å². The molecule has 102 valence electrons. The first-order chi connectivity index (χ1) is 8.34. The standard InChI is InChI=1S/C12H18BrNO3S/c1-4-18(15,16)14-10-5-6-12(11(13)7-10)17-8-9(2)3/h5-7,9,14H,4,8H2,1-3H3. The smallest absolute Gasteiger partial charge is 0.232 e. The van der Waals surface area contributed by atoms with Crippen molar-refractivity contribution in [3.05, 3.63) is 22.7 Å². The molecule has 0 saturated heterocycles. The Hall–Kier alpha value is -0.750. The van der Waals surface area contributed by atoms with Crippen LogP contribution >= 0.6 is 15.9 Å². The largest absolute Gasteiger partial charge is 0.492 e. The summed E-state index contributed by atoms with van der Waals surface area (Å²) in [4.78, 5) is 0. The second-order valence-corrected chi connectivity index (χ2v) is 7.22. The Morgan fingerprint density at radius 3 is 2.56 bits per heavy atom. The summed E-state index contributed by atoms with van der Waals surface area (Å²) in [7, 11) is -3.24. The molecular formula is C12H18BrNO3S. The fourth-order valence-corrected chi connectivity index (χ4v) is 2.31. The molecule has 0 amide bonds. The average molecular weight is 336 g/mol. The molecule has 18 heavy (non-hydrogen) atoms. The lowest BCUT2D eigenvalue weighted by atomic mass is 10.2. The van der Waals surface area contributed by atoms with Gasteiger partial charge in [-0.3, -0.25) is 4.72 Å². The highest BCUT2D eigenvalue weighted by atomic mass is 79.9. The van der Waals surface area contributed by atoms with Crippen molar-refractivity contribution in [3.8, 4) is 5.75 Å². The highest BCUT2D eigenvalue weighted by molar-refractivity contribution is 9.10. The zero-order chi connectivity index (χ0) is 13.8. The van der Waals surface area contributed by atoms with Crippen molar-refractivity contribution in [2.45, 2.75) is 20.8 Å². The van der Waals surface area contributed by atoms with Gasteiger partial charge >= 0.3 is 0 Å². The first kappa shape index (κ1) is 15.3. The number of benzene rings is 1.